The fraction of sp³-hybridized carbons (Fsp3) is 0.923. The molecule has 18 heavy (non-hydrogen) atoms. The van der Waals surface area contributed by atoms with E-state index >= 15 is 0 Å². The van der Waals surface area contributed by atoms with Gasteiger partial charge in [-0.05, 0) is 32.7 Å². The van der Waals surface area contributed by atoms with Gasteiger partial charge in [-0.25, -0.2) is 0 Å². The van der Waals surface area contributed by atoms with Crippen LogP contribution in [0.1, 0.15) is 39.0 Å². The van der Waals surface area contributed by atoms with Gasteiger partial charge in [0.15, 0.2) is 5.79 Å². The monoisotopic (exact) mass is 259 g/mol. The fourth-order valence-corrected chi connectivity index (χ4v) is 2.72. The molecule has 0 unspecified atom stereocenters. The molecule has 1 aliphatic rings. The van der Waals surface area contributed by atoms with Crippen LogP contribution in [0.25, 0.3) is 0 Å². The molecule has 0 aromatic carbocycles. The highest BCUT2D eigenvalue weighted by Gasteiger charge is 2.47. The molecule has 0 atom stereocenters. The van der Waals surface area contributed by atoms with Crippen molar-refractivity contribution < 1.29 is 19.0 Å². The average molecular weight is 259 g/mol. The van der Waals surface area contributed by atoms with E-state index in [0.29, 0.717) is 45.3 Å². The van der Waals surface area contributed by atoms with Crippen LogP contribution in [-0.2, 0) is 19.0 Å². The standard InChI is InChI=1S/C13H25NO4/c1-4-18-11(15)12(9-10-14)5-7-13(16-2,17-3)8-6-12/h4-10,14H2,1-3H3. The van der Waals surface area contributed by atoms with Crippen LogP contribution >= 0.6 is 0 Å². The Bertz CT molecular complexity index is 266. The minimum atomic E-state index is -0.551. The van der Waals surface area contributed by atoms with Crippen molar-refractivity contribution in [3.8, 4) is 0 Å². The van der Waals surface area contributed by atoms with E-state index in [1.807, 2.05) is 6.92 Å². The first-order valence-corrected chi connectivity index (χ1v) is 6.55. The van der Waals surface area contributed by atoms with Crippen LogP contribution in [0.4, 0.5) is 0 Å². The van der Waals surface area contributed by atoms with Gasteiger partial charge < -0.3 is 19.9 Å². The van der Waals surface area contributed by atoms with Gasteiger partial charge in [0.25, 0.3) is 0 Å². The SMILES string of the molecule is CCOC(=O)C1(CCN)CCC(OC)(OC)CC1. The molecular weight excluding hydrogens is 234 g/mol. The third-order valence-electron chi connectivity index (χ3n) is 4.04. The fourth-order valence-electron chi connectivity index (χ4n) is 2.72. The van der Waals surface area contributed by atoms with Crippen LogP contribution in [0.2, 0.25) is 0 Å². The molecule has 0 saturated heterocycles. The Labute approximate surface area is 109 Å². The maximum Gasteiger partial charge on any atom is 0.312 e. The van der Waals surface area contributed by atoms with Crippen molar-refractivity contribution in [3.05, 3.63) is 0 Å². The lowest BCUT2D eigenvalue weighted by molar-refractivity contribution is -0.236. The number of hydrogen-bond donors (Lipinski definition) is 1. The normalized spacial score (nSPS) is 21.6. The van der Waals surface area contributed by atoms with Crippen molar-refractivity contribution in [2.24, 2.45) is 11.1 Å². The highest BCUT2D eigenvalue weighted by Crippen LogP contribution is 2.45. The van der Waals surface area contributed by atoms with Crippen molar-refractivity contribution in [2.75, 3.05) is 27.4 Å². The van der Waals surface area contributed by atoms with E-state index in [2.05, 4.69) is 0 Å². The average Bonchev–Trinajstić information content (AvgIpc) is 2.40. The van der Waals surface area contributed by atoms with Crippen molar-refractivity contribution >= 4 is 5.97 Å². The van der Waals surface area contributed by atoms with Gasteiger partial charge in [-0.1, -0.05) is 0 Å². The molecule has 2 N–H and O–H groups in total. The number of methoxy groups -OCH3 is 2. The summed E-state index contributed by atoms with van der Waals surface area (Å²) in [5.41, 5.74) is 5.19. The Morgan fingerprint density at radius 3 is 2.11 bits per heavy atom. The second-order valence-corrected chi connectivity index (χ2v) is 4.86. The number of rotatable bonds is 6. The Hall–Kier alpha value is -0.650. The van der Waals surface area contributed by atoms with Gasteiger partial charge in [-0.3, -0.25) is 4.79 Å². The van der Waals surface area contributed by atoms with E-state index in [4.69, 9.17) is 19.9 Å². The minimum absolute atomic E-state index is 0.128. The maximum absolute atomic E-state index is 12.1. The van der Waals surface area contributed by atoms with Crippen molar-refractivity contribution in [3.63, 3.8) is 0 Å². The van der Waals surface area contributed by atoms with Crippen LogP contribution in [0.3, 0.4) is 0 Å². The molecule has 0 aliphatic heterocycles. The molecule has 0 radical (unpaired) electrons. The number of carbonyl (C=O) groups is 1. The van der Waals surface area contributed by atoms with E-state index in [9.17, 15) is 4.79 Å². The molecule has 1 saturated carbocycles. The molecule has 5 heteroatoms. The summed E-state index contributed by atoms with van der Waals surface area (Å²) in [4.78, 5) is 12.1. The highest BCUT2D eigenvalue weighted by molar-refractivity contribution is 5.77. The van der Waals surface area contributed by atoms with Gasteiger partial charge in [0.2, 0.25) is 0 Å². The minimum Gasteiger partial charge on any atom is -0.466 e. The van der Waals surface area contributed by atoms with E-state index in [0.717, 1.165) is 0 Å². The summed E-state index contributed by atoms with van der Waals surface area (Å²) in [5.74, 6) is -0.679. The zero-order valence-electron chi connectivity index (χ0n) is 11.7. The Morgan fingerprint density at radius 1 is 1.17 bits per heavy atom. The predicted molar refractivity (Wildman–Crippen MR) is 68.0 cm³/mol. The third kappa shape index (κ3) is 3.02. The van der Waals surface area contributed by atoms with Crippen LogP contribution in [0.15, 0.2) is 0 Å². The molecule has 5 nitrogen and oxygen atoms in total. The van der Waals surface area contributed by atoms with Gasteiger partial charge in [0.05, 0.1) is 12.0 Å². The van der Waals surface area contributed by atoms with E-state index in [1.165, 1.54) is 0 Å². The first kappa shape index (κ1) is 15.4. The Morgan fingerprint density at radius 2 is 1.72 bits per heavy atom. The number of hydrogen-bond acceptors (Lipinski definition) is 5. The number of esters is 1. The van der Waals surface area contributed by atoms with Crippen molar-refractivity contribution in [1.29, 1.82) is 0 Å². The molecule has 0 heterocycles. The molecule has 1 aliphatic carbocycles. The van der Waals surface area contributed by atoms with Gasteiger partial charge in [-0.15, -0.1) is 0 Å². The van der Waals surface area contributed by atoms with E-state index in [1.54, 1.807) is 14.2 Å². The number of nitrogens with two attached hydrogens (primary N) is 1. The first-order valence-electron chi connectivity index (χ1n) is 6.55. The quantitative estimate of drug-likeness (QED) is 0.577. The van der Waals surface area contributed by atoms with E-state index < -0.39 is 11.2 Å². The van der Waals surface area contributed by atoms with Crippen LogP contribution in [0.5, 0.6) is 0 Å². The lowest BCUT2D eigenvalue weighted by Gasteiger charge is -2.43. The smallest absolute Gasteiger partial charge is 0.312 e. The van der Waals surface area contributed by atoms with Crippen molar-refractivity contribution in [2.45, 2.75) is 44.8 Å². The molecule has 1 rings (SSSR count). The molecule has 106 valence electrons. The first-order chi connectivity index (χ1) is 8.58. The summed E-state index contributed by atoms with van der Waals surface area (Å²) >= 11 is 0. The summed E-state index contributed by atoms with van der Waals surface area (Å²) in [7, 11) is 3.29. The van der Waals surface area contributed by atoms with Gasteiger partial charge in [-0.2, -0.15) is 0 Å². The van der Waals surface area contributed by atoms with Gasteiger partial charge in [0.1, 0.15) is 0 Å². The molecule has 0 amide bonds. The largest absolute Gasteiger partial charge is 0.466 e. The van der Waals surface area contributed by atoms with Crippen molar-refractivity contribution in [1.82, 2.24) is 0 Å². The second-order valence-electron chi connectivity index (χ2n) is 4.86. The topological polar surface area (TPSA) is 70.8 Å². The zero-order valence-corrected chi connectivity index (χ0v) is 11.7. The lowest BCUT2D eigenvalue weighted by atomic mass is 9.70. The van der Waals surface area contributed by atoms with Crippen LogP contribution in [0, 0.1) is 5.41 Å². The summed E-state index contributed by atoms with van der Waals surface area (Å²) < 4.78 is 16.1. The predicted octanol–water partition coefficient (Wildman–Crippen LogP) is 1.45. The lowest BCUT2D eigenvalue weighted by Crippen LogP contribution is -2.46. The summed E-state index contributed by atoms with van der Waals surface area (Å²) in [6, 6.07) is 0. The van der Waals surface area contributed by atoms with Gasteiger partial charge in [0, 0.05) is 27.1 Å². The van der Waals surface area contributed by atoms with Gasteiger partial charge >= 0.3 is 5.97 Å². The van der Waals surface area contributed by atoms with Crippen LogP contribution < -0.4 is 5.73 Å². The molecular formula is C13H25NO4. The summed E-state index contributed by atoms with van der Waals surface area (Å²) in [6.45, 7) is 2.72. The number of ether oxygens (including phenoxy) is 3. The molecule has 0 bridgehead atoms. The second kappa shape index (κ2) is 6.50. The maximum atomic E-state index is 12.1. The Balaban J connectivity index is 2.76. The van der Waals surface area contributed by atoms with Crippen LogP contribution in [-0.4, -0.2) is 39.1 Å². The number of carbonyl (C=O) groups excluding carboxylic acids is 1. The molecule has 0 aromatic rings. The third-order valence-corrected chi connectivity index (χ3v) is 4.04. The summed E-state index contributed by atoms with van der Waals surface area (Å²) in [5, 5.41) is 0. The zero-order chi connectivity index (χ0) is 13.6. The Kier molecular flexibility index (Phi) is 5.56. The highest BCUT2D eigenvalue weighted by atomic mass is 16.7. The summed E-state index contributed by atoms with van der Waals surface area (Å²) in [6.07, 6.45) is 3.45. The molecule has 0 spiro atoms. The molecule has 1 fully saturated rings. The van der Waals surface area contributed by atoms with E-state index in [-0.39, 0.29) is 5.97 Å². The molecule has 0 aromatic heterocycles.